The summed E-state index contributed by atoms with van der Waals surface area (Å²) in [6.07, 6.45) is 0. The molecule has 22 heavy (non-hydrogen) atoms. The number of carbonyl (C=O) groups excluding carboxylic acids is 1. The van der Waals surface area contributed by atoms with E-state index in [1.807, 2.05) is 31.2 Å². The summed E-state index contributed by atoms with van der Waals surface area (Å²) >= 11 is 4.66. The lowest BCUT2D eigenvalue weighted by atomic mass is 10.2. The van der Waals surface area contributed by atoms with Crippen molar-refractivity contribution in [2.75, 3.05) is 12.0 Å². The fourth-order valence-corrected chi connectivity index (χ4v) is 1.46. The number of anilines is 1. The molecule has 0 aliphatic carbocycles. The second kappa shape index (κ2) is 8.73. The van der Waals surface area contributed by atoms with Crippen molar-refractivity contribution in [2.45, 2.75) is 20.8 Å². The van der Waals surface area contributed by atoms with Crippen LogP contribution in [-0.2, 0) is 9.53 Å². The van der Waals surface area contributed by atoms with Gasteiger partial charge in [-0.15, -0.1) is 0 Å². The highest BCUT2D eigenvalue weighted by Crippen LogP contribution is 2.08. The van der Waals surface area contributed by atoms with Gasteiger partial charge in [-0.1, -0.05) is 17.7 Å². The Kier molecular flexibility index (Phi) is 6.97. The van der Waals surface area contributed by atoms with E-state index in [1.54, 1.807) is 13.8 Å². The molecule has 0 fully saturated rings. The van der Waals surface area contributed by atoms with Crippen molar-refractivity contribution in [2.24, 2.45) is 15.9 Å². The van der Waals surface area contributed by atoms with Crippen LogP contribution in [0.3, 0.4) is 0 Å². The number of hydrazone groups is 2. The van der Waals surface area contributed by atoms with Gasteiger partial charge >= 0.3 is 5.97 Å². The molecule has 0 spiro atoms. The zero-order valence-corrected chi connectivity index (χ0v) is 13.5. The Morgan fingerprint density at radius 3 is 2.50 bits per heavy atom. The highest BCUT2D eigenvalue weighted by molar-refractivity contribution is 7.80. The predicted molar refractivity (Wildman–Crippen MR) is 91.9 cm³/mol. The maximum atomic E-state index is 11.9. The second-order valence-electron chi connectivity index (χ2n) is 4.33. The number of thiocarbonyl (C=S) groups is 1. The monoisotopic (exact) mass is 321 g/mol. The number of nitrogens with two attached hydrogens (primary N) is 1. The molecular formula is C14H19N5O2S. The molecule has 0 saturated carbocycles. The van der Waals surface area contributed by atoms with Gasteiger partial charge < -0.3 is 10.5 Å². The minimum Gasteiger partial charge on any atom is -0.461 e. The number of hydrogen-bond acceptors (Lipinski definition) is 6. The molecule has 1 rings (SSSR count). The van der Waals surface area contributed by atoms with E-state index in [0.717, 1.165) is 11.3 Å². The fraction of sp³-hybridized carbons (Fsp3) is 0.286. The normalized spacial score (nSPS) is 11.8. The molecule has 7 nitrogen and oxygen atoms in total. The Morgan fingerprint density at radius 2 is 1.95 bits per heavy atom. The SMILES string of the molecule is CCOC(=O)C(=NNc1ccc(C)cc1)C(C)=NNC(N)=S. The third-order valence-corrected chi connectivity index (χ3v) is 2.58. The van der Waals surface area contributed by atoms with E-state index in [9.17, 15) is 4.79 Å². The van der Waals surface area contributed by atoms with Crippen LogP contribution in [0.2, 0.25) is 0 Å². The number of nitrogens with one attached hydrogen (secondary N) is 2. The lowest BCUT2D eigenvalue weighted by molar-refractivity contribution is -0.134. The fourth-order valence-electron chi connectivity index (χ4n) is 1.41. The smallest absolute Gasteiger partial charge is 0.360 e. The number of benzene rings is 1. The molecular weight excluding hydrogens is 302 g/mol. The van der Waals surface area contributed by atoms with Crippen molar-refractivity contribution in [3.63, 3.8) is 0 Å². The number of hydrogen-bond donors (Lipinski definition) is 3. The molecule has 0 radical (unpaired) electrons. The largest absolute Gasteiger partial charge is 0.461 e. The Labute approximate surface area is 134 Å². The van der Waals surface area contributed by atoms with Crippen molar-refractivity contribution >= 4 is 40.4 Å². The third kappa shape index (κ3) is 5.88. The summed E-state index contributed by atoms with van der Waals surface area (Å²) in [6.45, 7) is 5.52. The van der Waals surface area contributed by atoms with Crippen LogP contribution in [0.4, 0.5) is 5.69 Å². The number of aryl methyl sites for hydroxylation is 1. The summed E-state index contributed by atoms with van der Waals surface area (Å²) in [5.41, 5.74) is 12.7. The average Bonchev–Trinajstić information content (AvgIpc) is 2.47. The van der Waals surface area contributed by atoms with Crippen LogP contribution in [0.1, 0.15) is 19.4 Å². The lowest BCUT2D eigenvalue weighted by Crippen LogP contribution is -2.30. The first kappa shape index (κ1) is 17.6. The van der Waals surface area contributed by atoms with Gasteiger partial charge in [0.05, 0.1) is 18.0 Å². The van der Waals surface area contributed by atoms with E-state index in [2.05, 4.69) is 33.3 Å². The summed E-state index contributed by atoms with van der Waals surface area (Å²) in [4.78, 5) is 11.9. The van der Waals surface area contributed by atoms with Gasteiger partial charge in [-0.2, -0.15) is 10.2 Å². The molecule has 8 heteroatoms. The summed E-state index contributed by atoms with van der Waals surface area (Å²) in [6, 6.07) is 7.55. The van der Waals surface area contributed by atoms with Gasteiger partial charge in [-0.25, -0.2) is 4.79 Å². The van der Waals surface area contributed by atoms with E-state index in [-0.39, 0.29) is 17.4 Å². The van der Waals surface area contributed by atoms with Crippen LogP contribution in [0.5, 0.6) is 0 Å². The summed E-state index contributed by atoms with van der Waals surface area (Å²) in [5, 5.41) is 7.93. The quantitative estimate of drug-likeness (QED) is 0.318. The second-order valence-corrected chi connectivity index (χ2v) is 4.77. The summed E-state index contributed by atoms with van der Waals surface area (Å²) in [7, 11) is 0. The van der Waals surface area contributed by atoms with Crippen molar-refractivity contribution in [3.8, 4) is 0 Å². The Bertz CT molecular complexity index is 596. The maximum absolute atomic E-state index is 11.9. The van der Waals surface area contributed by atoms with Crippen LogP contribution in [0.15, 0.2) is 34.5 Å². The number of esters is 1. The van der Waals surface area contributed by atoms with Gasteiger partial charge in [-0.05, 0) is 45.1 Å². The van der Waals surface area contributed by atoms with Gasteiger partial charge in [-0.3, -0.25) is 10.9 Å². The third-order valence-electron chi connectivity index (χ3n) is 2.49. The zero-order chi connectivity index (χ0) is 16.5. The lowest BCUT2D eigenvalue weighted by Gasteiger charge is -2.07. The summed E-state index contributed by atoms with van der Waals surface area (Å²) < 4.78 is 4.96. The van der Waals surface area contributed by atoms with Gasteiger partial charge in [0, 0.05) is 0 Å². The van der Waals surface area contributed by atoms with Crippen molar-refractivity contribution in [1.29, 1.82) is 0 Å². The molecule has 0 heterocycles. The van der Waals surface area contributed by atoms with Crippen LogP contribution in [0.25, 0.3) is 0 Å². The number of rotatable bonds is 6. The molecule has 0 unspecified atom stereocenters. The number of carbonyl (C=O) groups is 1. The van der Waals surface area contributed by atoms with E-state index >= 15 is 0 Å². The van der Waals surface area contributed by atoms with E-state index in [1.165, 1.54) is 0 Å². The van der Waals surface area contributed by atoms with Crippen LogP contribution in [0, 0.1) is 6.92 Å². The first-order valence-corrected chi connectivity index (χ1v) is 7.02. The predicted octanol–water partition coefficient (Wildman–Crippen LogP) is 1.54. The van der Waals surface area contributed by atoms with Crippen LogP contribution >= 0.6 is 12.2 Å². The number of nitrogens with zero attached hydrogens (tertiary/aromatic N) is 2. The molecule has 0 aliphatic rings. The molecule has 4 N–H and O–H groups in total. The Morgan fingerprint density at radius 1 is 1.32 bits per heavy atom. The minimum atomic E-state index is -0.590. The first-order chi connectivity index (χ1) is 10.4. The van der Waals surface area contributed by atoms with E-state index in [0.29, 0.717) is 5.71 Å². The minimum absolute atomic E-state index is 0.00551. The number of ether oxygens (including phenoxy) is 1. The van der Waals surface area contributed by atoms with Crippen LogP contribution in [-0.4, -0.2) is 29.1 Å². The van der Waals surface area contributed by atoms with Crippen molar-refractivity contribution in [3.05, 3.63) is 29.8 Å². The van der Waals surface area contributed by atoms with E-state index < -0.39 is 5.97 Å². The Hall–Kier alpha value is -2.48. The highest BCUT2D eigenvalue weighted by atomic mass is 32.1. The first-order valence-electron chi connectivity index (χ1n) is 6.61. The highest BCUT2D eigenvalue weighted by Gasteiger charge is 2.17. The molecule has 1 aromatic rings. The standard InChI is InChI=1S/C14H19N5O2S/c1-4-21-13(20)12(10(3)16-19-14(15)22)18-17-11-7-5-9(2)6-8-11/h5-8,17H,4H2,1-3H3,(H3,15,19,22). The molecule has 0 aliphatic heterocycles. The molecule has 0 bridgehead atoms. The van der Waals surface area contributed by atoms with Crippen molar-refractivity contribution < 1.29 is 9.53 Å². The molecule has 0 atom stereocenters. The van der Waals surface area contributed by atoms with Crippen molar-refractivity contribution in [1.82, 2.24) is 5.43 Å². The molecule has 1 aromatic carbocycles. The molecule has 0 aromatic heterocycles. The van der Waals surface area contributed by atoms with Gasteiger partial charge in [0.15, 0.2) is 10.8 Å². The van der Waals surface area contributed by atoms with Gasteiger partial charge in [0.25, 0.3) is 0 Å². The van der Waals surface area contributed by atoms with Gasteiger partial charge in [0.2, 0.25) is 0 Å². The topological polar surface area (TPSA) is 101 Å². The molecule has 0 amide bonds. The average molecular weight is 321 g/mol. The summed E-state index contributed by atoms with van der Waals surface area (Å²) in [5.74, 6) is -0.590. The molecule has 118 valence electrons. The van der Waals surface area contributed by atoms with Crippen LogP contribution < -0.4 is 16.6 Å². The molecule has 0 saturated heterocycles. The maximum Gasteiger partial charge on any atom is 0.360 e. The Balaban J connectivity index is 2.95. The van der Waals surface area contributed by atoms with E-state index in [4.69, 9.17) is 10.5 Å². The van der Waals surface area contributed by atoms with Gasteiger partial charge in [0.1, 0.15) is 0 Å². The zero-order valence-electron chi connectivity index (χ0n) is 12.7.